The third-order valence-electron chi connectivity index (χ3n) is 4.69. The van der Waals surface area contributed by atoms with Crippen LogP contribution in [0.15, 0.2) is 18.2 Å². The van der Waals surface area contributed by atoms with E-state index in [0.29, 0.717) is 40.9 Å². The quantitative estimate of drug-likeness (QED) is 0.822. The largest absolute Gasteiger partial charge is 0.476 e. The number of carboxylic acid groups (broad SMARTS) is 1. The standard InChI is InChI=1S/C18H20Cl2N4O2/c1-10-13(11-4-3-5-12(19)14(11)20)15(16(25)26)23-17(22-10)24-8-6-18(2,21)7-9-24/h3-5H,6-9,21H2,1-2H3,(H,25,26). The van der Waals surface area contributed by atoms with Gasteiger partial charge in [0.15, 0.2) is 5.69 Å². The SMILES string of the molecule is Cc1nc(N2CCC(C)(N)CC2)nc(C(=O)O)c1-c1cccc(Cl)c1Cl. The number of aromatic carboxylic acids is 1. The molecule has 8 heteroatoms. The molecule has 0 spiro atoms. The Labute approximate surface area is 162 Å². The minimum Gasteiger partial charge on any atom is -0.476 e. The predicted octanol–water partition coefficient (Wildman–Crippen LogP) is 3.77. The van der Waals surface area contributed by atoms with Crippen molar-refractivity contribution in [2.45, 2.75) is 32.2 Å². The third kappa shape index (κ3) is 3.63. The molecule has 0 unspecified atom stereocenters. The van der Waals surface area contributed by atoms with Crippen molar-refractivity contribution < 1.29 is 9.90 Å². The second-order valence-corrected chi connectivity index (χ2v) is 7.67. The highest BCUT2D eigenvalue weighted by Gasteiger charge is 2.29. The van der Waals surface area contributed by atoms with Gasteiger partial charge in [-0.25, -0.2) is 14.8 Å². The molecular formula is C18H20Cl2N4O2. The van der Waals surface area contributed by atoms with Crippen LogP contribution in [0.3, 0.4) is 0 Å². The van der Waals surface area contributed by atoms with Crippen molar-refractivity contribution >= 4 is 35.1 Å². The Kier molecular flexibility index (Phi) is 5.10. The van der Waals surface area contributed by atoms with E-state index < -0.39 is 5.97 Å². The molecule has 3 N–H and O–H groups in total. The molecule has 1 aromatic heterocycles. The average Bonchev–Trinajstić information content (AvgIpc) is 2.57. The maximum atomic E-state index is 11.9. The molecule has 1 aliphatic heterocycles. The van der Waals surface area contributed by atoms with E-state index in [1.54, 1.807) is 25.1 Å². The first-order valence-electron chi connectivity index (χ1n) is 8.30. The van der Waals surface area contributed by atoms with Crippen LogP contribution in [0.2, 0.25) is 10.0 Å². The van der Waals surface area contributed by atoms with Crippen LogP contribution in [-0.2, 0) is 0 Å². The number of carbonyl (C=O) groups is 1. The predicted molar refractivity (Wildman–Crippen MR) is 103 cm³/mol. The van der Waals surface area contributed by atoms with E-state index in [1.807, 2.05) is 11.8 Å². The summed E-state index contributed by atoms with van der Waals surface area (Å²) in [5.74, 6) is -0.735. The summed E-state index contributed by atoms with van der Waals surface area (Å²) in [7, 11) is 0. The summed E-state index contributed by atoms with van der Waals surface area (Å²) < 4.78 is 0. The molecule has 0 amide bonds. The molecule has 26 heavy (non-hydrogen) atoms. The van der Waals surface area contributed by atoms with E-state index in [9.17, 15) is 9.90 Å². The first-order valence-corrected chi connectivity index (χ1v) is 9.05. The molecule has 6 nitrogen and oxygen atoms in total. The number of piperidine rings is 1. The Balaban J connectivity index is 2.08. The van der Waals surface area contributed by atoms with Crippen LogP contribution < -0.4 is 10.6 Å². The van der Waals surface area contributed by atoms with Crippen LogP contribution in [-0.4, -0.2) is 39.7 Å². The molecule has 138 valence electrons. The molecule has 0 aliphatic carbocycles. The molecule has 0 radical (unpaired) electrons. The first kappa shape index (κ1) is 18.9. The molecule has 0 bridgehead atoms. The molecule has 2 aromatic rings. The summed E-state index contributed by atoms with van der Waals surface area (Å²) in [5.41, 5.74) is 7.30. The average molecular weight is 395 g/mol. The number of hydrogen-bond acceptors (Lipinski definition) is 5. The Morgan fingerprint density at radius 1 is 1.27 bits per heavy atom. The highest BCUT2D eigenvalue weighted by molar-refractivity contribution is 6.43. The zero-order valence-electron chi connectivity index (χ0n) is 14.6. The highest BCUT2D eigenvalue weighted by atomic mass is 35.5. The summed E-state index contributed by atoms with van der Waals surface area (Å²) in [6.45, 7) is 5.14. The van der Waals surface area contributed by atoms with Crippen molar-refractivity contribution in [3.05, 3.63) is 39.6 Å². The van der Waals surface area contributed by atoms with E-state index in [2.05, 4.69) is 9.97 Å². The number of hydrogen-bond donors (Lipinski definition) is 2. The number of carboxylic acids is 1. The highest BCUT2D eigenvalue weighted by Crippen LogP contribution is 2.37. The van der Waals surface area contributed by atoms with Crippen LogP contribution in [0.1, 0.15) is 35.9 Å². The number of nitrogens with zero attached hydrogens (tertiary/aromatic N) is 3. The van der Waals surface area contributed by atoms with E-state index >= 15 is 0 Å². The summed E-state index contributed by atoms with van der Waals surface area (Å²) >= 11 is 12.4. The Morgan fingerprint density at radius 2 is 1.92 bits per heavy atom. The van der Waals surface area contributed by atoms with E-state index in [1.165, 1.54) is 0 Å². The van der Waals surface area contributed by atoms with Gasteiger partial charge in [-0.05, 0) is 32.8 Å². The van der Waals surface area contributed by atoms with Gasteiger partial charge in [0.1, 0.15) is 0 Å². The molecule has 0 atom stereocenters. The number of aryl methyl sites for hydroxylation is 1. The smallest absolute Gasteiger partial charge is 0.355 e. The van der Waals surface area contributed by atoms with E-state index in [4.69, 9.17) is 28.9 Å². The van der Waals surface area contributed by atoms with Crippen molar-refractivity contribution in [3.8, 4) is 11.1 Å². The fourth-order valence-electron chi connectivity index (χ4n) is 3.09. The van der Waals surface area contributed by atoms with Crippen molar-refractivity contribution in [2.24, 2.45) is 5.73 Å². The molecular weight excluding hydrogens is 375 g/mol. The van der Waals surface area contributed by atoms with Gasteiger partial charge >= 0.3 is 5.97 Å². The van der Waals surface area contributed by atoms with Gasteiger partial charge < -0.3 is 15.7 Å². The van der Waals surface area contributed by atoms with Gasteiger partial charge in [0, 0.05) is 29.8 Å². The molecule has 1 aromatic carbocycles. The number of benzene rings is 1. The fraction of sp³-hybridized carbons (Fsp3) is 0.389. The second kappa shape index (κ2) is 7.02. The number of anilines is 1. The fourth-order valence-corrected chi connectivity index (χ4v) is 3.49. The molecule has 1 saturated heterocycles. The van der Waals surface area contributed by atoms with Gasteiger partial charge in [0.25, 0.3) is 0 Å². The number of halogens is 2. The Bertz CT molecular complexity index is 861. The van der Waals surface area contributed by atoms with Crippen LogP contribution in [0, 0.1) is 6.92 Å². The molecule has 3 rings (SSSR count). The van der Waals surface area contributed by atoms with Gasteiger partial charge in [0.05, 0.1) is 15.7 Å². The van der Waals surface area contributed by atoms with Gasteiger partial charge in [-0.1, -0.05) is 35.3 Å². The van der Waals surface area contributed by atoms with Crippen LogP contribution in [0.25, 0.3) is 11.1 Å². The maximum absolute atomic E-state index is 11.9. The lowest BCUT2D eigenvalue weighted by Gasteiger charge is -2.36. The number of rotatable bonds is 3. The molecule has 2 heterocycles. The van der Waals surface area contributed by atoms with Crippen molar-refractivity contribution in [2.75, 3.05) is 18.0 Å². The Hall–Kier alpha value is -1.89. The first-order chi connectivity index (χ1) is 12.2. The molecule has 1 fully saturated rings. The monoisotopic (exact) mass is 394 g/mol. The summed E-state index contributed by atoms with van der Waals surface area (Å²) in [6, 6.07) is 5.08. The summed E-state index contributed by atoms with van der Waals surface area (Å²) in [5, 5.41) is 10.3. The van der Waals surface area contributed by atoms with Gasteiger partial charge in [-0.15, -0.1) is 0 Å². The lowest BCUT2D eigenvalue weighted by Crippen LogP contribution is -2.48. The zero-order chi connectivity index (χ0) is 19.1. The summed E-state index contributed by atoms with van der Waals surface area (Å²) in [6.07, 6.45) is 1.58. The lowest BCUT2D eigenvalue weighted by molar-refractivity contribution is 0.0691. The van der Waals surface area contributed by atoms with Gasteiger partial charge in [-0.3, -0.25) is 0 Å². The maximum Gasteiger partial charge on any atom is 0.355 e. The minimum absolute atomic E-state index is 0.0854. The van der Waals surface area contributed by atoms with Gasteiger partial charge in [0.2, 0.25) is 5.95 Å². The van der Waals surface area contributed by atoms with Crippen molar-refractivity contribution in [1.82, 2.24) is 9.97 Å². The number of aromatic nitrogens is 2. The zero-order valence-corrected chi connectivity index (χ0v) is 16.1. The van der Waals surface area contributed by atoms with Crippen molar-refractivity contribution in [1.29, 1.82) is 0 Å². The van der Waals surface area contributed by atoms with Gasteiger partial charge in [-0.2, -0.15) is 0 Å². The Morgan fingerprint density at radius 3 is 2.54 bits per heavy atom. The number of nitrogens with two attached hydrogens (primary N) is 1. The van der Waals surface area contributed by atoms with Crippen LogP contribution in [0.5, 0.6) is 0 Å². The topological polar surface area (TPSA) is 92.3 Å². The van der Waals surface area contributed by atoms with Crippen LogP contribution in [0.4, 0.5) is 5.95 Å². The van der Waals surface area contributed by atoms with Crippen LogP contribution >= 0.6 is 23.2 Å². The second-order valence-electron chi connectivity index (χ2n) is 6.88. The van der Waals surface area contributed by atoms with E-state index in [-0.39, 0.29) is 16.3 Å². The lowest BCUT2D eigenvalue weighted by atomic mass is 9.91. The molecule has 1 aliphatic rings. The van der Waals surface area contributed by atoms with E-state index in [0.717, 1.165) is 12.8 Å². The third-order valence-corrected chi connectivity index (χ3v) is 5.51. The summed E-state index contributed by atoms with van der Waals surface area (Å²) in [4.78, 5) is 22.7. The normalized spacial score (nSPS) is 16.6. The molecule has 0 saturated carbocycles. The van der Waals surface area contributed by atoms with Crippen molar-refractivity contribution in [3.63, 3.8) is 0 Å². The minimum atomic E-state index is -1.14.